The molecule has 1 nitrogen and oxygen atoms in total. The molecule has 1 heteroatoms. The van der Waals surface area contributed by atoms with Crippen molar-refractivity contribution in [3.05, 3.63) is 0 Å². The minimum absolute atomic E-state index is 0.332. The van der Waals surface area contributed by atoms with Crippen LogP contribution in [0.4, 0.5) is 0 Å². The number of hydrogen-bond acceptors (Lipinski definition) is 1. The van der Waals surface area contributed by atoms with Crippen molar-refractivity contribution in [1.82, 2.24) is 0 Å². The molecule has 6 unspecified atom stereocenters. The third-order valence-corrected chi connectivity index (χ3v) is 11.5. The van der Waals surface area contributed by atoms with Crippen LogP contribution in [0.5, 0.6) is 0 Å². The van der Waals surface area contributed by atoms with Crippen molar-refractivity contribution in [1.29, 1.82) is 0 Å². The van der Waals surface area contributed by atoms with Gasteiger partial charge in [-0.25, -0.2) is 0 Å². The monoisotopic (exact) mass is 507 g/mol. The van der Waals surface area contributed by atoms with E-state index >= 15 is 0 Å². The molecule has 0 bridgehead atoms. The van der Waals surface area contributed by atoms with Crippen molar-refractivity contribution in [2.75, 3.05) is 6.61 Å². The molecule has 0 aromatic rings. The molecule has 0 heterocycles. The fraction of sp³-hybridized carbons (Fsp3) is 1.00. The number of aliphatic hydroxyl groups is 1. The van der Waals surface area contributed by atoms with Crippen LogP contribution in [-0.4, -0.2) is 11.7 Å². The van der Waals surface area contributed by atoms with E-state index in [1.165, 1.54) is 51.4 Å². The first-order chi connectivity index (χ1) is 16.3. The molecular weight excluding hydrogens is 436 g/mol. The second kappa shape index (κ2) is 12.9. The summed E-state index contributed by atoms with van der Waals surface area (Å²) in [6, 6.07) is 0. The summed E-state index contributed by atoms with van der Waals surface area (Å²) in [5.41, 5.74) is 2.15. The van der Waals surface area contributed by atoms with E-state index in [-0.39, 0.29) is 0 Å². The second-order valence-corrected chi connectivity index (χ2v) is 16.8. The summed E-state index contributed by atoms with van der Waals surface area (Å²) in [6.07, 6.45) is 12.9. The Morgan fingerprint density at radius 2 is 1.39 bits per heavy atom. The van der Waals surface area contributed by atoms with Crippen LogP contribution in [-0.2, 0) is 0 Å². The summed E-state index contributed by atoms with van der Waals surface area (Å²) in [7, 11) is 0. The molecule has 216 valence electrons. The summed E-state index contributed by atoms with van der Waals surface area (Å²) < 4.78 is 0. The van der Waals surface area contributed by atoms with Crippen LogP contribution in [0.15, 0.2) is 0 Å². The summed E-state index contributed by atoms with van der Waals surface area (Å²) in [5.74, 6) is 3.74. The van der Waals surface area contributed by atoms with Crippen molar-refractivity contribution < 1.29 is 5.11 Å². The highest BCUT2D eigenvalue weighted by Crippen LogP contribution is 2.73. The summed E-state index contributed by atoms with van der Waals surface area (Å²) in [6.45, 7) is 34.8. The smallest absolute Gasteiger partial charge is 0.0459 e. The Labute approximate surface area is 229 Å². The lowest BCUT2D eigenvalue weighted by Gasteiger charge is -2.41. The van der Waals surface area contributed by atoms with E-state index in [2.05, 4.69) is 96.9 Å². The minimum atomic E-state index is 0.332. The minimum Gasteiger partial charge on any atom is -0.396 e. The van der Waals surface area contributed by atoms with E-state index in [1.54, 1.807) is 0 Å². The largest absolute Gasteiger partial charge is 0.396 e. The zero-order valence-corrected chi connectivity index (χ0v) is 27.6. The van der Waals surface area contributed by atoms with Gasteiger partial charge in [0, 0.05) is 6.61 Å². The lowest BCUT2D eigenvalue weighted by atomic mass is 9.65. The SMILES string of the molecule is CCC(CO)CC(C)(CC)CC(C)(C)CC(C)CC(C)(C)CCCC1(C)C(CC(C)C(C)C)C1(C)C. The fourth-order valence-electron chi connectivity index (χ4n) is 8.49. The van der Waals surface area contributed by atoms with Crippen LogP contribution in [0, 0.1) is 56.7 Å². The molecule has 0 radical (unpaired) electrons. The number of aliphatic hydroxyl groups excluding tert-OH is 1. The van der Waals surface area contributed by atoms with Crippen molar-refractivity contribution in [2.45, 2.75) is 161 Å². The maximum atomic E-state index is 9.78. The third-order valence-electron chi connectivity index (χ3n) is 11.5. The van der Waals surface area contributed by atoms with Gasteiger partial charge in [-0.3, -0.25) is 0 Å². The Balaban J connectivity index is 2.61. The van der Waals surface area contributed by atoms with Gasteiger partial charge in [0.05, 0.1) is 0 Å². The zero-order chi connectivity index (χ0) is 28.2. The van der Waals surface area contributed by atoms with Gasteiger partial charge < -0.3 is 5.11 Å². The van der Waals surface area contributed by atoms with Crippen LogP contribution >= 0.6 is 0 Å². The molecule has 0 aliphatic heterocycles. The molecule has 1 rings (SSSR count). The van der Waals surface area contributed by atoms with Gasteiger partial charge in [0.2, 0.25) is 0 Å². The first-order valence-electron chi connectivity index (χ1n) is 15.9. The summed E-state index contributed by atoms with van der Waals surface area (Å²) >= 11 is 0. The molecule has 1 aliphatic carbocycles. The molecule has 0 aromatic carbocycles. The Morgan fingerprint density at radius 3 is 1.86 bits per heavy atom. The van der Waals surface area contributed by atoms with Crippen molar-refractivity contribution in [3.63, 3.8) is 0 Å². The highest BCUT2D eigenvalue weighted by molar-refractivity contribution is 5.14. The molecule has 1 aliphatic rings. The fourth-order valence-corrected chi connectivity index (χ4v) is 8.49. The van der Waals surface area contributed by atoms with Gasteiger partial charge in [-0.1, -0.05) is 116 Å². The molecular formula is C35H70O. The number of hydrogen-bond donors (Lipinski definition) is 1. The van der Waals surface area contributed by atoms with Crippen LogP contribution in [0.25, 0.3) is 0 Å². The van der Waals surface area contributed by atoms with Gasteiger partial charge in [-0.15, -0.1) is 0 Å². The van der Waals surface area contributed by atoms with E-state index in [0.717, 1.165) is 36.5 Å². The summed E-state index contributed by atoms with van der Waals surface area (Å²) in [4.78, 5) is 0. The average molecular weight is 507 g/mol. The average Bonchev–Trinajstić information content (AvgIpc) is 3.14. The molecule has 0 saturated heterocycles. The first-order valence-corrected chi connectivity index (χ1v) is 15.9. The molecule has 6 atom stereocenters. The molecule has 0 spiro atoms. The Kier molecular flexibility index (Phi) is 12.2. The molecule has 1 saturated carbocycles. The van der Waals surface area contributed by atoms with Crippen LogP contribution in [0.2, 0.25) is 0 Å². The van der Waals surface area contributed by atoms with Gasteiger partial charge in [0.1, 0.15) is 0 Å². The highest BCUT2D eigenvalue weighted by atomic mass is 16.3. The van der Waals surface area contributed by atoms with Gasteiger partial charge in [0.15, 0.2) is 0 Å². The lowest BCUT2D eigenvalue weighted by molar-refractivity contribution is 0.0864. The molecule has 1 fully saturated rings. The van der Waals surface area contributed by atoms with E-state index < -0.39 is 0 Å². The quantitative estimate of drug-likeness (QED) is 0.196. The Bertz CT molecular complexity index is 639. The first kappa shape index (κ1) is 34.0. The summed E-state index contributed by atoms with van der Waals surface area (Å²) in [5, 5.41) is 9.78. The topological polar surface area (TPSA) is 20.2 Å². The predicted octanol–water partition coefficient (Wildman–Crippen LogP) is 11.2. The molecule has 1 N–H and O–H groups in total. The standard InChI is InChI=1S/C35H70O/c1-15-29(24-36)23-34(13,16-2)25-32(9,10)22-27(5)21-31(7,8)18-17-19-35(14)30(33(35,11)12)20-28(6)26(3)4/h26-30,36H,15-25H2,1-14H3. The van der Waals surface area contributed by atoms with Gasteiger partial charge in [0.25, 0.3) is 0 Å². The van der Waals surface area contributed by atoms with Crippen molar-refractivity contribution >= 4 is 0 Å². The van der Waals surface area contributed by atoms with Crippen LogP contribution in [0.1, 0.15) is 161 Å². The Morgan fingerprint density at radius 1 is 0.833 bits per heavy atom. The maximum Gasteiger partial charge on any atom is 0.0459 e. The van der Waals surface area contributed by atoms with E-state index in [4.69, 9.17) is 0 Å². The van der Waals surface area contributed by atoms with E-state index in [0.29, 0.717) is 39.6 Å². The van der Waals surface area contributed by atoms with E-state index in [9.17, 15) is 5.11 Å². The molecule has 0 amide bonds. The van der Waals surface area contributed by atoms with Crippen molar-refractivity contribution in [2.24, 2.45) is 56.7 Å². The molecule has 36 heavy (non-hydrogen) atoms. The normalized spacial score (nSPS) is 26.5. The third kappa shape index (κ3) is 9.31. The molecule has 0 aromatic heterocycles. The highest BCUT2D eigenvalue weighted by Gasteiger charge is 2.66. The van der Waals surface area contributed by atoms with Crippen molar-refractivity contribution in [3.8, 4) is 0 Å². The lowest BCUT2D eigenvalue weighted by Crippen LogP contribution is -2.30. The predicted molar refractivity (Wildman–Crippen MR) is 162 cm³/mol. The van der Waals surface area contributed by atoms with Gasteiger partial charge in [-0.05, 0) is 102 Å². The Hall–Kier alpha value is -0.0400. The zero-order valence-electron chi connectivity index (χ0n) is 27.6. The van der Waals surface area contributed by atoms with Gasteiger partial charge in [-0.2, -0.15) is 0 Å². The van der Waals surface area contributed by atoms with Crippen LogP contribution < -0.4 is 0 Å². The number of rotatable bonds is 18. The van der Waals surface area contributed by atoms with Crippen LogP contribution in [0.3, 0.4) is 0 Å². The van der Waals surface area contributed by atoms with Gasteiger partial charge >= 0.3 is 0 Å². The van der Waals surface area contributed by atoms with E-state index in [1.807, 2.05) is 0 Å². The second-order valence-electron chi connectivity index (χ2n) is 16.8. The maximum absolute atomic E-state index is 9.78.